The lowest BCUT2D eigenvalue weighted by Gasteiger charge is -2.38. The highest BCUT2D eigenvalue weighted by atomic mass is 16.5. The third kappa shape index (κ3) is 5.53. The Morgan fingerprint density at radius 3 is 2.65 bits per heavy atom. The first-order chi connectivity index (χ1) is 7.78. The molecule has 0 spiro atoms. The maximum Gasteiger partial charge on any atom is 0.306 e. The molecule has 0 saturated heterocycles. The summed E-state index contributed by atoms with van der Waals surface area (Å²) in [7, 11) is 0. The summed E-state index contributed by atoms with van der Waals surface area (Å²) in [6.07, 6.45) is 4.48. The molecular weight excluding hydrogens is 214 g/mol. The smallest absolute Gasteiger partial charge is 0.306 e. The number of ether oxygens (including phenoxy) is 1. The van der Waals surface area contributed by atoms with Gasteiger partial charge in [-0.2, -0.15) is 0 Å². The summed E-state index contributed by atoms with van der Waals surface area (Å²) >= 11 is 0. The molecule has 3 heteroatoms. The van der Waals surface area contributed by atoms with Gasteiger partial charge in [0.05, 0.1) is 0 Å². The van der Waals surface area contributed by atoms with E-state index in [9.17, 15) is 4.79 Å². The van der Waals surface area contributed by atoms with E-state index in [4.69, 9.17) is 10.5 Å². The van der Waals surface area contributed by atoms with Gasteiger partial charge in [-0.05, 0) is 43.9 Å². The molecule has 1 fully saturated rings. The number of rotatable bonds is 4. The lowest BCUT2D eigenvalue weighted by atomic mass is 9.71. The Kier molecular flexibility index (Phi) is 4.99. The van der Waals surface area contributed by atoms with Crippen molar-refractivity contribution in [1.82, 2.24) is 0 Å². The maximum atomic E-state index is 11.7. The molecule has 100 valence electrons. The highest BCUT2D eigenvalue weighted by molar-refractivity contribution is 5.69. The first-order valence-electron chi connectivity index (χ1n) is 6.73. The number of hydrogen-bond donors (Lipinski definition) is 1. The van der Waals surface area contributed by atoms with Crippen LogP contribution in [0.1, 0.15) is 59.8 Å². The summed E-state index contributed by atoms with van der Waals surface area (Å²) in [4.78, 5) is 11.7. The van der Waals surface area contributed by atoms with Crippen LogP contribution in [0.4, 0.5) is 0 Å². The molecule has 1 aliphatic rings. The summed E-state index contributed by atoms with van der Waals surface area (Å²) in [5, 5.41) is 0. The average Bonchev–Trinajstić information content (AvgIpc) is 2.11. The Hall–Kier alpha value is -0.570. The maximum absolute atomic E-state index is 11.7. The van der Waals surface area contributed by atoms with Crippen molar-refractivity contribution < 1.29 is 9.53 Å². The van der Waals surface area contributed by atoms with E-state index >= 15 is 0 Å². The lowest BCUT2D eigenvalue weighted by Crippen LogP contribution is -2.34. The van der Waals surface area contributed by atoms with Crippen molar-refractivity contribution in [1.29, 1.82) is 0 Å². The largest absolute Gasteiger partial charge is 0.462 e. The minimum Gasteiger partial charge on any atom is -0.462 e. The van der Waals surface area contributed by atoms with Gasteiger partial charge in [-0.15, -0.1) is 0 Å². The molecule has 1 rings (SSSR count). The van der Waals surface area contributed by atoms with E-state index in [0.29, 0.717) is 24.2 Å². The van der Waals surface area contributed by atoms with Gasteiger partial charge in [0.25, 0.3) is 0 Å². The van der Waals surface area contributed by atoms with E-state index in [1.165, 1.54) is 6.42 Å². The molecule has 17 heavy (non-hydrogen) atoms. The summed E-state index contributed by atoms with van der Waals surface area (Å²) < 4.78 is 5.55. The van der Waals surface area contributed by atoms with E-state index in [1.54, 1.807) is 0 Å². The van der Waals surface area contributed by atoms with Crippen molar-refractivity contribution in [2.24, 2.45) is 17.1 Å². The molecule has 0 radical (unpaired) electrons. The lowest BCUT2D eigenvalue weighted by molar-refractivity contribution is -0.153. The van der Waals surface area contributed by atoms with Crippen molar-refractivity contribution in [2.75, 3.05) is 0 Å². The molecule has 0 aliphatic heterocycles. The molecule has 0 heterocycles. The van der Waals surface area contributed by atoms with E-state index in [-0.39, 0.29) is 18.1 Å². The second-order valence-electron chi connectivity index (χ2n) is 6.54. The fourth-order valence-corrected chi connectivity index (χ4v) is 2.94. The molecule has 0 aromatic heterocycles. The molecule has 3 unspecified atom stereocenters. The van der Waals surface area contributed by atoms with Crippen molar-refractivity contribution >= 4 is 5.97 Å². The van der Waals surface area contributed by atoms with Gasteiger partial charge in [-0.1, -0.05) is 20.8 Å². The highest BCUT2D eigenvalue weighted by Crippen LogP contribution is 2.39. The van der Waals surface area contributed by atoms with Crippen LogP contribution in [-0.2, 0) is 9.53 Å². The summed E-state index contributed by atoms with van der Waals surface area (Å²) in [6.45, 7) is 8.67. The monoisotopic (exact) mass is 241 g/mol. The van der Waals surface area contributed by atoms with Gasteiger partial charge in [0, 0.05) is 12.5 Å². The quantitative estimate of drug-likeness (QED) is 0.770. The van der Waals surface area contributed by atoms with Crippen LogP contribution >= 0.6 is 0 Å². The zero-order chi connectivity index (χ0) is 13.1. The highest BCUT2D eigenvalue weighted by Gasteiger charge is 2.33. The van der Waals surface area contributed by atoms with E-state index in [2.05, 4.69) is 20.8 Å². The first-order valence-corrected chi connectivity index (χ1v) is 6.73. The number of carbonyl (C=O) groups excluding carboxylic acids is 1. The van der Waals surface area contributed by atoms with E-state index < -0.39 is 0 Å². The van der Waals surface area contributed by atoms with E-state index in [0.717, 1.165) is 12.8 Å². The van der Waals surface area contributed by atoms with Crippen LogP contribution in [0.5, 0.6) is 0 Å². The Labute approximate surface area is 105 Å². The van der Waals surface area contributed by atoms with Crippen molar-refractivity contribution in [3.8, 4) is 0 Å². The summed E-state index contributed by atoms with van der Waals surface area (Å²) in [6, 6.07) is 0.0734. The molecule has 2 N–H and O–H groups in total. The van der Waals surface area contributed by atoms with Crippen LogP contribution in [0.25, 0.3) is 0 Å². The summed E-state index contributed by atoms with van der Waals surface area (Å²) in [5.74, 6) is 0.558. The predicted octanol–water partition coefficient (Wildman–Crippen LogP) is 2.87. The van der Waals surface area contributed by atoms with Gasteiger partial charge < -0.3 is 10.5 Å². The standard InChI is InChI=1S/C14H27NO2/c1-10-7-12(9-14(3,4)8-10)17-13(16)6-5-11(2)15/h10-12H,5-9,15H2,1-4H3. The van der Waals surface area contributed by atoms with Gasteiger partial charge >= 0.3 is 5.97 Å². The predicted molar refractivity (Wildman–Crippen MR) is 69.6 cm³/mol. The second kappa shape index (κ2) is 5.85. The Morgan fingerprint density at radius 1 is 1.47 bits per heavy atom. The fraction of sp³-hybridized carbons (Fsp3) is 0.929. The second-order valence-corrected chi connectivity index (χ2v) is 6.54. The molecule has 0 amide bonds. The summed E-state index contributed by atoms with van der Waals surface area (Å²) in [5.41, 5.74) is 5.93. The zero-order valence-corrected chi connectivity index (χ0v) is 11.7. The van der Waals surface area contributed by atoms with Crippen LogP contribution < -0.4 is 5.73 Å². The zero-order valence-electron chi connectivity index (χ0n) is 11.7. The average molecular weight is 241 g/mol. The van der Waals surface area contributed by atoms with Gasteiger partial charge in [0.2, 0.25) is 0 Å². The minimum atomic E-state index is -0.0859. The molecule has 0 aromatic carbocycles. The molecule has 0 bridgehead atoms. The number of hydrogen-bond acceptors (Lipinski definition) is 3. The van der Waals surface area contributed by atoms with E-state index in [1.807, 2.05) is 6.92 Å². The number of esters is 1. The Balaban J connectivity index is 2.37. The molecule has 1 saturated carbocycles. The normalized spacial score (nSPS) is 29.7. The van der Waals surface area contributed by atoms with Crippen LogP contribution in [0.2, 0.25) is 0 Å². The molecule has 3 nitrogen and oxygen atoms in total. The van der Waals surface area contributed by atoms with Crippen LogP contribution in [0.3, 0.4) is 0 Å². The molecular formula is C14H27NO2. The Bertz CT molecular complexity index is 261. The van der Waals surface area contributed by atoms with Gasteiger partial charge in [0.15, 0.2) is 0 Å². The fourth-order valence-electron chi connectivity index (χ4n) is 2.94. The number of nitrogens with two attached hydrogens (primary N) is 1. The van der Waals surface area contributed by atoms with Crippen LogP contribution in [0.15, 0.2) is 0 Å². The first kappa shape index (κ1) is 14.5. The Morgan fingerprint density at radius 2 is 2.12 bits per heavy atom. The molecule has 3 atom stereocenters. The van der Waals surface area contributed by atoms with Gasteiger partial charge in [0.1, 0.15) is 6.10 Å². The molecule has 0 aromatic rings. The van der Waals surface area contributed by atoms with Crippen LogP contribution in [-0.4, -0.2) is 18.1 Å². The van der Waals surface area contributed by atoms with Crippen molar-refractivity contribution in [3.63, 3.8) is 0 Å². The van der Waals surface area contributed by atoms with Crippen molar-refractivity contribution in [2.45, 2.75) is 71.9 Å². The van der Waals surface area contributed by atoms with Gasteiger partial charge in [-0.3, -0.25) is 4.79 Å². The van der Waals surface area contributed by atoms with Crippen molar-refractivity contribution in [3.05, 3.63) is 0 Å². The van der Waals surface area contributed by atoms with Crippen LogP contribution in [0, 0.1) is 11.3 Å². The third-order valence-electron chi connectivity index (χ3n) is 3.45. The number of carbonyl (C=O) groups is 1. The van der Waals surface area contributed by atoms with Gasteiger partial charge in [-0.25, -0.2) is 0 Å². The topological polar surface area (TPSA) is 52.3 Å². The molecule has 1 aliphatic carbocycles. The minimum absolute atomic E-state index is 0.0734. The SMILES string of the molecule is CC(N)CCC(=O)OC1CC(C)CC(C)(C)C1. The third-order valence-corrected chi connectivity index (χ3v) is 3.45.